The molecule has 0 bridgehead atoms. The van der Waals surface area contributed by atoms with Gasteiger partial charge in [-0.05, 0) is 17.7 Å². The van der Waals surface area contributed by atoms with Crippen LogP contribution in [0.1, 0.15) is 12.0 Å². The smallest absolute Gasteiger partial charge is 0.269 e. The zero-order valence-electron chi connectivity index (χ0n) is 9.33. The van der Waals surface area contributed by atoms with Gasteiger partial charge in [-0.3, -0.25) is 10.1 Å². The number of benzene rings is 1. The molecule has 104 valence electrons. The van der Waals surface area contributed by atoms with E-state index < -0.39 is 14.8 Å². The van der Waals surface area contributed by atoms with Crippen molar-refractivity contribution in [2.24, 2.45) is 5.16 Å². The first-order chi connectivity index (χ1) is 8.75. The number of alkyl halides is 3. The number of rotatable bonds is 4. The van der Waals surface area contributed by atoms with E-state index in [0.29, 0.717) is 5.56 Å². The number of hydrogen-bond donors (Lipinski definition) is 2. The Balaban J connectivity index is 2.90. The van der Waals surface area contributed by atoms with Gasteiger partial charge in [0.25, 0.3) is 5.69 Å². The zero-order chi connectivity index (χ0) is 14.6. The highest BCUT2D eigenvalue weighted by Gasteiger charge is 2.32. The maximum Gasteiger partial charge on any atom is 0.269 e. The molecule has 19 heavy (non-hydrogen) atoms. The van der Waals surface area contributed by atoms with E-state index in [4.69, 9.17) is 40.0 Å². The second-order valence-electron chi connectivity index (χ2n) is 3.61. The van der Waals surface area contributed by atoms with Gasteiger partial charge in [0.15, 0.2) is 0 Å². The molecule has 0 aliphatic heterocycles. The van der Waals surface area contributed by atoms with Crippen LogP contribution in [0.25, 0.3) is 0 Å². The van der Waals surface area contributed by atoms with Gasteiger partial charge in [0.1, 0.15) is 6.10 Å². The number of hydrogen-bond acceptors (Lipinski definition) is 5. The molecule has 0 aliphatic rings. The van der Waals surface area contributed by atoms with E-state index in [1.165, 1.54) is 24.3 Å². The van der Waals surface area contributed by atoms with Crippen molar-refractivity contribution in [1.82, 2.24) is 0 Å². The standard InChI is InChI=1S/C10H9Cl3N2O4/c11-10(12,13)9(16)5-8(14-17)6-1-3-7(4-2-6)15(18)19/h1-4,9,16-17H,5H2. The second-order valence-corrected chi connectivity index (χ2v) is 5.98. The van der Waals surface area contributed by atoms with Gasteiger partial charge < -0.3 is 10.3 Å². The molecular formula is C10H9Cl3N2O4. The second kappa shape index (κ2) is 6.38. The third kappa shape index (κ3) is 4.50. The molecule has 0 aromatic heterocycles. The van der Waals surface area contributed by atoms with E-state index in [0.717, 1.165) is 0 Å². The van der Waals surface area contributed by atoms with Gasteiger partial charge in [-0.15, -0.1) is 0 Å². The van der Waals surface area contributed by atoms with Crippen molar-refractivity contribution >= 4 is 46.2 Å². The number of aliphatic hydroxyl groups is 1. The van der Waals surface area contributed by atoms with Gasteiger partial charge in [-0.2, -0.15) is 0 Å². The zero-order valence-corrected chi connectivity index (χ0v) is 11.6. The summed E-state index contributed by atoms with van der Waals surface area (Å²) < 4.78 is -1.92. The Morgan fingerprint density at radius 3 is 2.26 bits per heavy atom. The number of non-ortho nitro benzene ring substituents is 1. The molecular weight excluding hydrogens is 318 g/mol. The molecule has 9 heteroatoms. The Kier molecular flexibility index (Phi) is 5.37. The van der Waals surface area contributed by atoms with Crippen LogP contribution in [0.3, 0.4) is 0 Å². The summed E-state index contributed by atoms with van der Waals surface area (Å²) in [5, 5.41) is 32.0. The van der Waals surface area contributed by atoms with Gasteiger partial charge in [-0.25, -0.2) is 0 Å². The molecule has 0 saturated carbocycles. The SMILES string of the molecule is O=[N+]([O-])c1ccc(C(CC(O)C(Cl)(Cl)Cl)=NO)cc1. The topological polar surface area (TPSA) is 96.0 Å². The Morgan fingerprint density at radius 2 is 1.89 bits per heavy atom. The van der Waals surface area contributed by atoms with Crippen molar-refractivity contribution in [3.63, 3.8) is 0 Å². The molecule has 0 radical (unpaired) electrons. The van der Waals surface area contributed by atoms with Crippen LogP contribution in [0.5, 0.6) is 0 Å². The van der Waals surface area contributed by atoms with Crippen molar-refractivity contribution in [3.8, 4) is 0 Å². The highest BCUT2D eigenvalue weighted by Crippen LogP contribution is 2.32. The van der Waals surface area contributed by atoms with Crippen LogP contribution in [0, 0.1) is 10.1 Å². The largest absolute Gasteiger partial charge is 0.411 e. The Hall–Kier alpha value is -1.08. The summed E-state index contributed by atoms with van der Waals surface area (Å²) in [4.78, 5) is 9.93. The highest BCUT2D eigenvalue weighted by molar-refractivity contribution is 6.68. The first kappa shape index (κ1) is 16.0. The van der Waals surface area contributed by atoms with E-state index in [9.17, 15) is 15.2 Å². The summed E-state index contributed by atoms with van der Waals surface area (Å²) in [5.41, 5.74) is 0.318. The Morgan fingerprint density at radius 1 is 1.37 bits per heavy atom. The predicted octanol–water partition coefficient (Wildman–Crippen LogP) is 2.89. The lowest BCUT2D eigenvalue weighted by molar-refractivity contribution is -0.384. The lowest BCUT2D eigenvalue weighted by atomic mass is 10.0. The minimum atomic E-state index is -1.92. The number of aliphatic hydroxyl groups excluding tert-OH is 1. The van der Waals surface area contributed by atoms with Gasteiger partial charge in [0.05, 0.1) is 10.6 Å². The van der Waals surface area contributed by atoms with Crippen molar-refractivity contribution < 1.29 is 15.2 Å². The number of halogens is 3. The van der Waals surface area contributed by atoms with E-state index in [1.807, 2.05) is 0 Å². The third-order valence-electron chi connectivity index (χ3n) is 2.30. The van der Waals surface area contributed by atoms with Crippen LogP contribution in [-0.2, 0) is 0 Å². The molecule has 0 spiro atoms. The molecule has 1 atom stereocenters. The molecule has 0 heterocycles. The molecule has 2 N–H and O–H groups in total. The quantitative estimate of drug-likeness (QED) is 0.292. The van der Waals surface area contributed by atoms with E-state index in [1.54, 1.807) is 0 Å². The average Bonchev–Trinajstić information content (AvgIpc) is 2.34. The summed E-state index contributed by atoms with van der Waals surface area (Å²) in [7, 11) is 0. The van der Waals surface area contributed by atoms with E-state index in [2.05, 4.69) is 5.16 Å². The van der Waals surface area contributed by atoms with Gasteiger partial charge >= 0.3 is 0 Å². The Labute approximate surface area is 123 Å². The van der Waals surface area contributed by atoms with Crippen LogP contribution in [0.15, 0.2) is 29.4 Å². The maximum atomic E-state index is 10.5. The van der Waals surface area contributed by atoms with Gasteiger partial charge in [0, 0.05) is 18.6 Å². The number of nitrogens with zero attached hydrogens (tertiary/aromatic N) is 2. The lowest BCUT2D eigenvalue weighted by Crippen LogP contribution is -2.28. The van der Waals surface area contributed by atoms with E-state index >= 15 is 0 Å². The molecule has 1 unspecified atom stereocenters. The monoisotopic (exact) mass is 326 g/mol. The summed E-state index contributed by atoms with van der Waals surface area (Å²) in [6.07, 6.45) is -1.59. The third-order valence-corrected chi connectivity index (χ3v) is 3.05. The molecule has 0 saturated heterocycles. The van der Waals surface area contributed by atoms with Gasteiger partial charge in [0.2, 0.25) is 3.79 Å². The van der Waals surface area contributed by atoms with Crippen LogP contribution < -0.4 is 0 Å². The van der Waals surface area contributed by atoms with Crippen molar-refractivity contribution in [3.05, 3.63) is 39.9 Å². The molecule has 1 aromatic rings. The van der Waals surface area contributed by atoms with Crippen molar-refractivity contribution in [2.75, 3.05) is 0 Å². The van der Waals surface area contributed by atoms with Crippen LogP contribution in [-0.4, -0.2) is 30.8 Å². The lowest BCUT2D eigenvalue weighted by Gasteiger charge is -2.19. The number of oxime groups is 1. The summed E-state index contributed by atoms with van der Waals surface area (Å²) in [6, 6.07) is 5.22. The molecule has 0 amide bonds. The fourth-order valence-electron chi connectivity index (χ4n) is 1.29. The van der Waals surface area contributed by atoms with Crippen molar-refractivity contribution in [2.45, 2.75) is 16.3 Å². The van der Waals surface area contributed by atoms with Gasteiger partial charge in [-0.1, -0.05) is 40.0 Å². The first-order valence-electron chi connectivity index (χ1n) is 4.96. The summed E-state index contributed by atoms with van der Waals surface area (Å²) in [6.45, 7) is 0. The average molecular weight is 328 g/mol. The molecule has 1 rings (SSSR count). The molecule has 1 aromatic carbocycles. The highest BCUT2D eigenvalue weighted by atomic mass is 35.6. The van der Waals surface area contributed by atoms with Crippen LogP contribution in [0.4, 0.5) is 5.69 Å². The fourth-order valence-corrected chi connectivity index (χ4v) is 1.52. The minimum Gasteiger partial charge on any atom is -0.411 e. The van der Waals surface area contributed by atoms with Crippen LogP contribution in [0.2, 0.25) is 0 Å². The molecule has 0 fully saturated rings. The maximum absolute atomic E-state index is 10.5. The summed E-state index contributed by atoms with van der Waals surface area (Å²) in [5.74, 6) is 0. The normalized spacial score (nSPS) is 14.2. The Bertz CT molecular complexity index is 485. The molecule has 6 nitrogen and oxygen atoms in total. The number of nitro benzene ring substituents is 1. The molecule has 0 aliphatic carbocycles. The fraction of sp³-hybridized carbons (Fsp3) is 0.300. The van der Waals surface area contributed by atoms with E-state index in [-0.39, 0.29) is 17.8 Å². The first-order valence-corrected chi connectivity index (χ1v) is 6.09. The summed E-state index contributed by atoms with van der Waals surface area (Å²) >= 11 is 16.5. The van der Waals surface area contributed by atoms with Crippen molar-refractivity contribution in [1.29, 1.82) is 0 Å². The number of nitro groups is 1. The predicted molar refractivity (Wildman–Crippen MR) is 72.3 cm³/mol. The van der Waals surface area contributed by atoms with Crippen LogP contribution >= 0.6 is 34.8 Å². The minimum absolute atomic E-state index is 0.0497.